The van der Waals surface area contributed by atoms with Gasteiger partial charge in [0, 0.05) is 18.8 Å². The second-order valence-electron chi connectivity index (χ2n) is 6.16. The fraction of sp³-hybridized carbons (Fsp3) is 0.467. The third-order valence-electron chi connectivity index (χ3n) is 4.23. The molecule has 0 aromatic carbocycles. The molecule has 1 aliphatic heterocycles. The van der Waals surface area contributed by atoms with Crippen LogP contribution in [-0.4, -0.2) is 71.9 Å². The van der Waals surface area contributed by atoms with Gasteiger partial charge in [-0.1, -0.05) is 0 Å². The lowest BCUT2D eigenvalue weighted by Crippen LogP contribution is -2.39. The number of nitrogens with one attached hydrogen (secondary N) is 2. The lowest BCUT2D eigenvalue weighted by molar-refractivity contribution is -0.151. The molecular formula is C15H20N6O7. The first-order valence-corrected chi connectivity index (χ1v) is 8.31. The molecule has 28 heavy (non-hydrogen) atoms. The highest BCUT2D eigenvalue weighted by atomic mass is 16.6. The molecule has 5 atom stereocenters. The fourth-order valence-corrected chi connectivity index (χ4v) is 2.75. The Labute approximate surface area is 157 Å². The molecule has 3 rings (SSSR count). The van der Waals surface area contributed by atoms with Gasteiger partial charge in [-0.2, -0.15) is 4.98 Å². The Morgan fingerprint density at radius 2 is 2.25 bits per heavy atom. The van der Waals surface area contributed by atoms with Crippen LogP contribution in [0.3, 0.4) is 0 Å². The van der Waals surface area contributed by atoms with Crippen molar-refractivity contribution in [2.24, 2.45) is 5.73 Å². The van der Waals surface area contributed by atoms with Gasteiger partial charge in [-0.15, -0.1) is 0 Å². The first-order valence-electron chi connectivity index (χ1n) is 8.31. The monoisotopic (exact) mass is 396 g/mol. The Kier molecular flexibility index (Phi) is 6.01. The lowest BCUT2D eigenvalue weighted by Gasteiger charge is -2.17. The van der Waals surface area contributed by atoms with E-state index in [2.05, 4.69) is 15.0 Å². The van der Waals surface area contributed by atoms with Gasteiger partial charge < -0.3 is 30.4 Å². The number of carbonyl (C=O) groups excluding carboxylic acids is 1. The van der Waals surface area contributed by atoms with Gasteiger partial charge in [-0.25, -0.2) is 9.78 Å². The minimum absolute atomic E-state index is 0.0920. The molecule has 13 nitrogen and oxygen atoms in total. The summed E-state index contributed by atoms with van der Waals surface area (Å²) < 4.78 is 11.5. The number of hydrogen-bond donors (Lipinski definition) is 6. The smallest absolute Gasteiger partial charge is 0.351 e. The summed E-state index contributed by atoms with van der Waals surface area (Å²) in [5.41, 5.74) is 7.24. The molecule has 1 saturated heterocycles. The van der Waals surface area contributed by atoms with E-state index in [1.165, 1.54) is 18.6 Å². The van der Waals surface area contributed by atoms with Crippen LogP contribution in [0.2, 0.25) is 0 Å². The van der Waals surface area contributed by atoms with Gasteiger partial charge in [-0.05, 0) is 6.07 Å². The second kappa shape index (κ2) is 8.45. The number of rotatable bonds is 7. The predicted molar refractivity (Wildman–Crippen MR) is 91.1 cm³/mol. The molecule has 0 aliphatic carbocycles. The lowest BCUT2D eigenvalue weighted by atomic mass is 10.1. The summed E-state index contributed by atoms with van der Waals surface area (Å²) in [7, 11) is 0. The Bertz CT molecular complexity index is 857. The van der Waals surface area contributed by atoms with Crippen molar-refractivity contribution in [2.75, 3.05) is 12.1 Å². The van der Waals surface area contributed by atoms with Crippen LogP contribution in [0.1, 0.15) is 11.9 Å². The first kappa shape index (κ1) is 19.9. The van der Waals surface area contributed by atoms with E-state index in [-0.39, 0.29) is 18.8 Å². The highest BCUT2D eigenvalue weighted by molar-refractivity contribution is 5.75. The van der Waals surface area contributed by atoms with Gasteiger partial charge >= 0.3 is 11.7 Å². The van der Waals surface area contributed by atoms with Crippen LogP contribution in [0.5, 0.6) is 0 Å². The first-order chi connectivity index (χ1) is 13.4. The van der Waals surface area contributed by atoms with Gasteiger partial charge in [0.25, 0.3) is 0 Å². The maximum absolute atomic E-state index is 12.0. The maximum Gasteiger partial charge on any atom is 0.351 e. The number of hydrogen-bond acceptors (Lipinski definition) is 11. The van der Waals surface area contributed by atoms with E-state index >= 15 is 0 Å². The van der Waals surface area contributed by atoms with Crippen LogP contribution in [-0.2, 0) is 20.7 Å². The topological polar surface area (TPSA) is 198 Å². The zero-order valence-corrected chi connectivity index (χ0v) is 14.5. The summed E-state index contributed by atoms with van der Waals surface area (Å²) in [5, 5.41) is 29.1. The van der Waals surface area contributed by atoms with E-state index in [0.717, 1.165) is 4.57 Å². The number of carbonyl (C=O) groups is 1. The fourth-order valence-electron chi connectivity index (χ4n) is 2.75. The normalized spacial score (nSPS) is 25.4. The molecule has 3 heterocycles. The summed E-state index contributed by atoms with van der Waals surface area (Å²) in [6, 6.07) is 0.304. The second-order valence-corrected chi connectivity index (χ2v) is 6.16. The van der Waals surface area contributed by atoms with Gasteiger partial charge in [0.15, 0.2) is 12.0 Å². The number of aromatic amines is 1. The molecule has 0 unspecified atom stereocenters. The van der Waals surface area contributed by atoms with Crippen molar-refractivity contribution in [1.82, 2.24) is 19.5 Å². The molecule has 0 spiro atoms. The quantitative estimate of drug-likeness (QED) is 0.214. The number of anilines is 1. The molecular weight excluding hydrogens is 376 g/mol. The van der Waals surface area contributed by atoms with E-state index < -0.39 is 42.2 Å². The molecule has 0 bridgehead atoms. The number of aliphatic hydroxyl groups is 2. The highest BCUT2D eigenvalue weighted by Gasteiger charge is 2.44. The Morgan fingerprint density at radius 3 is 2.89 bits per heavy atom. The number of aromatic nitrogens is 4. The summed E-state index contributed by atoms with van der Waals surface area (Å²) in [6.07, 6.45) is -0.764. The van der Waals surface area contributed by atoms with Crippen molar-refractivity contribution in [3.05, 3.63) is 41.0 Å². The number of H-pyrrole nitrogens is 1. The molecule has 0 radical (unpaired) electrons. The molecule has 1 aliphatic rings. The molecule has 1 fully saturated rings. The minimum atomic E-state index is -1.46. The number of aliphatic hydroxyl groups excluding tert-OH is 2. The van der Waals surface area contributed by atoms with E-state index in [1.54, 1.807) is 11.7 Å². The van der Waals surface area contributed by atoms with Crippen LogP contribution in [0.4, 0.5) is 5.82 Å². The Hall–Kier alpha value is -2.84. The van der Waals surface area contributed by atoms with Crippen LogP contribution >= 0.6 is 0 Å². The zero-order chi connectivity index (χ0) is 20.3. The summed E-state index contributed by atoms with van der Waals surface area (Å²) in [5.74, 6) is -0.820. The third kappa shape index (κ3) is 4.18. The average molecular weight is 396 g/mol. The van der Waals surface area contributed by atoms with Gasteiger partial charge in [0.05, 0.1) is 12.0 Å². The molecule has 7 N–H and O–H groups in total. The minimum Gasteiger partial charge on any atom is -0.462 e. The number of nitrogens with two attached hydrogens (primary N) is 1. The van der Waals surface area contributed by atoms with E-state index in [9.17, 15) is 19.8 Å². The third-order valence-corrected chi connectivity index (χ3v) is 4.23. The van der Waals surface area contributed by atoms with Crippen molar-refractivity contribution in [1.29, 1.82) is 0 Å². The van der Waals surface area contributed by atoms with Crippen molar-refractivity contribution >= 4 is 11.8 Å². The van der Waals surface area contributed by atoms with Crippen LogP contribution in [0.25, 0.3) is 0 Å². The number of esters is 1. The largest absolute Gasteiger partial charge is 0.462 e. The van der Waals surface area contributed by atoms with Crippen LogP contribution in [0, 0.1) is 0 Å². The Morgan fingerprint density at radius 1 is 1.46 bits per heavy atom. The molecule has 0 saturated carbocycles. The molecule has 2 aromatic heterocycles. The number of ether oxygens (including phenoxy) is 2. The summed E-state index contributed by atoms with van der Waals surface area (Å²) >= 11 is 0. The SMILES string of the molecule is N[C@H](Cc1c[nH]cn1)C(=O)OC[C@H]1O[C@@H](n2ccc(NO)nc2=O)[C@H](O)[C@@H]1O. The predicted octanol–water partition coefficient (Wildman–Crippen LogP) is -2.50. The average Bonchev–Trinajstić information content (AvgIpc) is 3.29. The number of nitrogens with zero attached hydrogens (tertiary/aromatic N) is 3. The van der Waals surface area contributed by atoms with E-state index in [4.69, 9.17) is 20.4 Å². The molecule has 2 aromatic rings. The van der Waals surface area contributed by atoms with Crippen molar-refractivity contribution < 1.29 is 29.7 Å². The van der Waals surface area contributed by atoms with Crippen molar-refractivity contribution in [3.8, 4) is 0 Å². The van der Waals surface area contributed by atoms with Crippen LogP contribution in [0.15, 0.2) is 29.6 Å². The highest BCUT2D eigenvalue weighted by Crippen LogP contribution is 2.28. The van der Waals surface area contributed by atoms with Crippen LogP contribution < -0.4 is 16.9 Å². The van der Waals surface area contributed by atoms with E-state index in [1.807, 2.05) is 0 Å². The standard InChI is InChI=1S/C15H20N6O7/c16-8(3-7-4-17-6-18-7)14(24)27-5-9-11(22)12(23)13(28-9)21-2-1-10(20-26)19-15(21)25/h1-2,4,6,8-9,11-13,22-23,26H,3,5,16H2,(H,17,18)(H,19,20,25)/t8-,9-,11-,12-,13-/m1/s1. The summed E-state index contributed by atoms with van der Waals surface area (Å²) in [6.45, 7) is -0.375. The number of imidazole rings is 1. The summed E-state index contributed by atoms with van der Waals surface area (Å²) in [4.78, 5) is 34.2. The molecule has 0 amide bonds. The zero-order valence-electron chi connectivity index (χ0n) is 14.5. The molecule has 152 valence electrons. The molecule has 13 heteroatoms. The van der Waals surface area contributed by atoms with Crippen molar-refractivity contribution in [2.45, 2.75) is 37.0 Å². The van der Waals surface area contributed by atoms with Gasteiger partial charge in [0.2, 0.25) is 0 Å². The van der Waals surface area contributed by atoms with Gasteiger partial charge in [0.1, 0.15) is 31.0 Å². The maximum atomic E-state index is 12.0. The van der Waals surface area contributed by atoms with E-state index in [0.29, 0.717) is 5.69 Å². The Balaban J connectivity index is 1.59. The van der Waals surface area contributed by atoms with Crippen molar-refractivity contribution in [3.63, 3.8) is 0 Å². The van der Waals surface area contributed by atoms with Gasteiger partial charge in [-0.3, -0.25) is 20.0 Å².